The molecular weight excluding hydrogens is 456 g/mol. The minimum absolute atomic E-state index is 0.311. The van der Waals surface area contributed by atoms with E-state index < -0.39 is 52.0 Å². The molecule has 1 saturated carbocycles. The molecule has 1 spiro atoms. The van der Waals surface area contributed by atoms with Crippen LogP contribution in [0.5, 0.6) is 0 Å². The van der Waals surface area contributed by atoms with Crippen molar-refractivity contribution in [2.24, 2.45) is 16.9 Å². The molecule has 4 rings (SSSR count). The normalized spacial score (nSPS) is 32.2. The van der Waals surface area contributed by atoms with Crippen molar-refractivity contribution >= 4 is 60.2 Å². The van der Waals surface area contributed by atoms with Crippen molar-refractivity contribution in [1.29, 1.82) is 5.41 Å². The van der Waals surface area contributed by atoms with Gasteiger partial charge in [-0.2, -0.15) is 5.03 Å². The Kier molecular flexibility index (Phi) is 5.41. The zero-order valence-corrected chi connectivity index (χ0v) is 17.8. The molecule has 30 heavy (non-hydrogen) atoms. The van der Waals surface area contributed by atoms with Crippen LogP contribution >= 0.6 is 34.8 Å². The summed E-state index contributed by atoms with van der Waals surface area (Å²) in [4.78, 5) is 15.6. The molecule has 6 atom stereocenters. The summed E-state index contributed by atoms with van der Waals surface area (Å²) < 4.78 is 14.5. The number of aliphatic hydroxyl groups is 1. The largest absolute Gasteiger partial charge is 0.458 e. The van der Waals surface area contributed by atoms with E-state index in [1.54, 1.807) is 30.3 Å². The van der Waals surface area contributed by atoms with Gasteiger partial charge in [-0.3, -0.25) is 5.41 Å². The van der Waals surface area contributed by atoms with Gasteiger partial charge in [-0.1, -0.05) is 59.9 Å². The first-order valence-corrected chi connectivity index (χ1v) is 10.2. The van der Waals surface area contributed by atoms with E-state index in [0.29, 0.717) is 5.56 Å². The van der Waals surface area contributed by atoms with E-state index in [0.717, 1.165) is 0 Å². The molecule has 0 radical (unpaired) electrons. The van der Waals surface area contributed by atoms with Crippen molar-refractivity contribution in [2.45, 2.75) is 34.4 Å². The number of rotatable bonds is 5. The zero-order chi connectivity index (χ0) is 21.8. The number of alkyl halides is 3. The summed E-state index contributed by atoms with van der Waals surface area (Å²) in [6.07, 6.45) is -3.11. The van der Waals surface area contributed by atoms with Crippen LogP contribution in [0, 0.1) is 17.2 Å². The van der Waals surface area contributed by atoms with E-state index >= 15 is 0 Å². The molecule has 2 N–H and O–H groups in total. The summed E-state index contributed by atoms with van der Waals surface area (Å²) in [5.41, 5.74) is 9.20. The van der Waals surface area contributed by atoms with Crippen LogP contribution in [-0.2, 0) is 14.1 Å². The third-order valence-corrected chi connectivity index (χ3v) is 6.75. The zero-order valence-electron chi connectivity index (χ0n) is 15.5. The SMILES string of the molecule is CC1C(OC(=O)c2ccccc2)[C@@H]([C@H](O)OC(=N)C(Cl)(Cl)Cl)C2OB3B(N=[N+]=[N-])[C@]312. The molecule has 3 fully saturated rings. The third-order valence-electron chi connectivity index (χ3n) is 6.23. The van der Waals surface area contributed by atoms with Crippen molar-refractivity contribution in [3.05, 3.63) is 46.3 Å². The molecule has 1 aliphatic carbocycles. The van der Waals surface area contributed by atoms with Crippen LogP contribution in [0.2, 0.25) is 5.21 Å². The van der Waals surface area contributed by atoms with Gasteiger partial charge in [0.2, 0.25) is 12.2 Å². The summed E-state index contributed by atoms with van der Waals surface area (Å²) in [6.45, 7) is 1.08. The molecular formula is C16H15B2Cl3N4O5. The summed E-state index contributed by atoms with van der Waals surface area (Å²) in [5.74, 6) is -2.55. The Hall–Kier alpha value is -1.61. The standard InChI is InChI=1S/C16H15B2Cl3N4O5/c1-7-10(28-12(26)8-5-3-2-4-6-8)9(13(27)29-14(22)16(19,20)21)11-15(7)17(24-25-23)18(15)30-11/h2-7,9-11,13,22,27H,1H3/t7?,9-,10?,11?,13-,15+/m1/s1. The maximum Gasteiger partial charge on any atom is 0.338 e. The number of carbonyl (C=O) groups is 1. The minimum Gasteiger partial charge on any atom is -0.458 e. The highest BCUT2D eigenvalue weighted by atomic mass is 35.6. The van der Waals surface area contributed by atoms with Crippen molar-refractivity contribution in [3.8, 4) is 0 Å². The Labute approximate surface area is 187 Å². The number of azide groups is 1. The Balaban J connectivity index is 1.61. The molecule has 14 heteroatoms. The number of ether oxygens (including phenoxy) is 2. The van der Waals surface area contributed by atoms with Crippen molar-refractivity contribution < 1.29 is 24.0 Å². The average molecular weight is 471 g/mol. The van der Waals surface area contributed by atoms with Gasteiger partial charge in [0.25, 0.3) is 17.3 Å². The van der Waals surface area contributed by atoms with Crippen LogP contribution in [0.15, 0.2) is 35.4 Å². The van der Waals surface area contributed by atoms with Crippen LogP contribution < -0.4 is 0 Å². The summed E-state index contributed by atoms with van der Waals surface area (Å²) in [6, 6.07) is 8.38. The number of hydrogen-bond donors (Lipinski definition) is 2. The van der Waals surface area contributed by atoms with Gasteiger partial charge in [0.15, 0.2) is 0 Å². The van der Waals surface area contributed by atoms with E-state index in [2.05, 4.69) is 9.94 Å². The lowest BCUT2D eigenvalue weighted by atomic mass is 9.60. The molecule has 0 bridgehead atoms. The van der Waals surface area contributed by atoms with Crippen LogP contribution in [0.25, 0.3) is 10.4 Å². The summed E-state index contributed by atoms with van der Waals surface area (Å²) >= 11 is 16.9. The number of aliphatic hydroxyl groups excluding tert-OH is 1. The molecule has 1 aromatic rings. The molecule has 0 aromatic heterocycles. The smallest absolute Gasteiger partial charge is 0.338 e. The van der Waals surface area contributed by atoms with E-state index in [4.69, 9.17) is 59.9 Å². The first-order valence-electron chi connectivity index (χ1n) is 9.10. The lowest BCUT2D eigenvalue weighted by Gasteiger charge is -2.37. The van der Waals surface area contributed by atoms with Crippen LogP contribution in [0.3, 0.4) is 0 Å². The predicted molar refractivity (Wildman–Crippen MR) is 112 cm³/mol. The lowest BCUT2D eigenvalue weighted by Crippen LogP contribution is -2.46. The molecule has 156 valence electrons. The fourth-order valence-corrected chi connectivity index (χ4v) is 4.98. The van der Waals surface area contributed by atoms with E-state index in [1.165, 1.54) is 0 Å². The lowest BCUT2D eigenvalue weighted by molar-refractivity contribution is -0.131. The van der Waals surface area contributed by atoms with Crippen molar-refractivity contribution in [2.75, 3.05) is 0 Å². The molecule has 9 nitrogen and oxygen atoms in total. The topological polar surface area (TPSA) is 138 Å². The number of halogens is 3. The Morgan fingerprint density at radius 3 is 2.70 bits per heavy atom. The highest BCUT2D eigenvalue weighted by molar-refractivity contribution is 7.43. The molecule has 2 saturated heterocycles. The highest BCUT2D eigenvalue weighted by Crippen LogP contribution is 2.76. The van der Waals surface area contributed by atoms with Gasteiger partial charge in [-0.15, -0.1) is 0 Å². The van der Waals surface area contributed by atoms with Gasteiger partial charge in [-0.25, -0.2) is 4.79 Å². The Bertz CT molecular complexity index is 931. The van der Waals surface area contributed by atoms with Crippen LogP contribution in [0.4, 0.5) is 0 Å². The fourth-order valence-electron chi connectivity index (χ4n) is 4.84. The highest BCUT2D eigenvalue weighted by Gasteiger charge is 2.90. The van der Waals surface area contributed by atoms with Gasteiger partial charge >= 0.3 is 5.97 Å². The quantitative estimate of drug-likeness (QED) is 0.0782. The summed E-state index contributed by atoms with van der Waals surface area (Å²) in [5, 5.41) is 21.7. The molecule has 0 amide bonds. The molecule has 3 unspecified atom stereocenters. The van der Waals surface area contributed by atoms with Crippen molar-refractivity contribution in [1.82, 2.24) is 0 Å². The van der Waals surface area contributed by atoms with Gasteiger partial charge in [-0.05, 0) is 33.7 Å². The number of nitrogens with one attached hydrogen (secondary N) is 1. The maximum atomic E-state index is 12.7. The number of carbonyl (C=O) groups excluding carboxylic acids is 1. The van der Waals surface area contributed by atoms with Gasteiger partial charge in [0.1, 0.15) is 6.10 Å². The number of esters is 1. The Morgan fingerprint density at radius 2 is 2.10 bits per heavy atom. The monoisotopic (exact) mass is 470 g/mol. The van der Waals surface area contributed by atoms with Crippen molar-refractivity contribution in [3.63, 3.8) is 0 Å². The van der Waals surface area contributed by atoms with E-state index in [-0.39, 0.29) is 12.7 Å². The average Bonchev–Trinajstić information content (AvgIpc) is 3.13. The second kappa shape index (κ2) is 7.51. The molecule has 2 heterocycles. The number of benzene rings is 1. The predicted octanol–water partition coefficient (Wildman–Crippen LogP) is 3.22. The van der Waals surface area contributed by atoms with Gasteiger partial charge in [0.05, 0.1) is 11.5 Å². The van der Waals surface area contributed by atoms with E-state index in [1.807, 2.05) is 6.92 Å². The third kappa shape index (κ3) is 3.16. The first-order chi connectivity index (χ1) is 14.1. The van der Waals surface area contributed by atoms with Gasteiger partial charge in [0, 0.05) is 6.10 Å². The van der Waals surface area contributed by atoms with E-state index in [9.17, 15) is 9.90 Å². The van der Waals surface area contributed by atoms with Crippen LogP contribution in [-0.4, -0.2) is 52.8 Å². The minimum atomic E-state index is -2.17. The van der Waals surface area contributed by atoms with Crippen LogP contribution in [0.1, 0.15) is 17.3 Å². The molecule has 3 aliphatic rings. The second-order valence-electron chi connectivity index (χ2n) is 7.56. The molecule has 1 aromatic carbocycles. The number of nitrogens with zero attached hydrogens (tertiary/aromatic N) is 3. The maximum absolute atomic E-state index is 12.7. The summed E-state index contributed by atoms with van der Waals surface area (Å²) in [7, 11) is 0. The van der Waals surface area contributed by atoms with Gasteiger partial charge < -0.3 is 19.2 Å². The Morgan fingerprint density at radius 1 is 1.43 bits per heavy atom. The first kappa shape index (κ1) is 21.6. The fraction of sp³-hybridized carbons (Fsp3) is 0.500. The second-order valence-corrected chi connectivity index (χ2v) is 9.85. The molecule has 2 aliphatic heterocycles. The number of hydrogen-bond acceptors (Lipinski definition) is 7.